The molecule has 5 rings (SSSR count). The van der Waals surface area contributed by atoms with Gasteiger partial charge in [-0.15, -0.1) is 0 Å². The molecule has 0 aliphatic heterocycles. The Balaban J connectivity index is 1.03. The van der Waals surface area contributed by atoms with E-state index < -0.39 is 52.5 Å². The Morgan fingerprint density at radius 2 is 1.57 bits per heavy atom. The van der Waals surface area contributed by atoms with E-state index in [0.717, 1.165) is 18.8 Å². The monoisotopic (exact) mass is 685 g/mol. The quantitative estimate of drug-likeness (QED) is 0.151. The van der Waals surface area contributed by atoms with Crippen molar-refractivity contribution in [3.05, 3.63) is 23.8 Å². The topological polar surface area (TPSA) is 113 Å². The lowest BCUT2D eigenvalue weighted by Gasteiger charge is -2.62. The minimum Gasteiger partial charge on any atom is -0.457 e. The molecule has 5 aliphatic rings. The Hall–Kier alpha value is -1.90. The van der Waals surface area contributed by atoms with Crippen molar-refractivity contribution < 1.29 is 33.7 Å². The number of esters is 1. The maximum Gasteiger partial charge on any atom is 0.320 e. The summed E-state index contributed by atoms with van der Waals surface area (Å²) in [7, 11) is 0. The lowest BCUT2D eigenvalue weighted by Crippen LogP contribution is -2.69. The zero-order valence-electron chi connectivity index (χ0n) is 30.4. The van der Waals surface area contributed by atoms with Gasteiger partial charge in [0.1, 0.15) is 5.60 Å². The number of rotatable bonds is 11. The number of ether oxygens (including phenoxy) is 1. The summed E-state index contributed by atoms with van der Waals surface area (Å²) in [6.45, 7) is 3.71. The SMILES string of the molecule is C[C@]12C=CC(=O)C=C1CC[C@H]1[C@@H]3CC[C@](O)(C(=O)COC(=O)CNCCCCCC4CCCCCCCCCCCC4)[C@@]3(C)C[C@H](O)[C@@]12F. The van der Waals surface area contributed by atoms with E-state index in [9.17, 15) is 24.6 Å². The summed E-state index contributed by atoms with van der Waals surface area (Å²) in [5.74, 6) is -1.36. The highest BCUT2D eigenvalue weighted by Gasteiger charge is 2.74. The number of allylic oxidation sites excluding steroid dienone is 4. The average molecular weight is 686 g/mol. The van der Waals surface area contributed by atoms with Crippen LogP contribution in [0.5, 0.6) is 0 Å². The van der Waals surface area contributed by atoms with E-state index in [1.165, 1.54) is 102 Å². The number of carbonyl (C=O) groups excluding carboxylic acids is 3. The largest absolute Gasteiger partial charge is 0.457 e. The third-order valence-electron chi connectivity index (χ3n) is 13.8. The molecule has 0 radical (unpaired) electrons. The number of unbranched alkanes of at least 4 members (excludes halogenated alkanes) is 2. The normalized spacial score (nSPS) is 37.4. The van der Waals surface area contributed by atoms with Crippen LogP contribution in [0.15, 0.2) is 23.8 Å². The van der Waals surface area contributed by atoms with Crippen LogP contribution in [-0.4, -0.2) is 64.8 Å². The van der Waals surface area contributed by atoms with E-state index in [4.69, 9.17) is 4.74 Å². The highest BCUT2D eigenvalue weighted by atomic mass is 19.1. The third kappa shape index (κ3) is 7.96. The summed E-state index contributed by atoms with van der Waals surface area (Å²) in [6.07, 6.45) is 25.8. The molecule has 3 N–H and O–H groups in total. The second kappa shape index (κ2) is 16.6. The van der Waals surface area contributed by atoms with Crippen molar-refractivity contribution in [2.24, 2.45) is 28.6 Å². The number of alkyl halides is 1. The highest BCUT2D eigenvalue weighted by Crippen LogP contribution is 2.69. The molecule has 0 heterocycles. The van der Waals surface area contributed by atoms with Crippen LogP contribution >= 0.6 is 0 Å². The molecule has 0 spiro atoms. The number of nitrogens with one attached hydrogen (secondary N) is 1. The minimum absolute atomic E-state index is 0.00381. The Morgan fingerprint density at radius 1 is 0.918 bits per heavy atom. The predicted octanol–water partition coefficient (Wildman–Crippen LogP) is 7.66. The molecule has 0 aromatic carbocycles. The molecule has 7 atom stereocenters. The zero-order valence-corrected chi connectivity index (χ0v) is 30.4. The van der Waals surface area contributed by atoms with Crippen molar-refractivity contribution in [2.45, 2.75) is 166 Å². The molecule has 0 saturated heterocycles. The molecule has 4 fully saturated rings. The summed E-state index contributed by atoms with van der Waals surface area (Å²) in [5.41, 5.74) is -5.33. The standard InChI is InChI=1S/C41H64FNO6/c1-38-23-21-32(44)26-31(38)19-20-34-33-22-24-40(48,39(33,2)27-35(45)41(34,38)42)36(46)29-49-37(47)28-43-25-15-11-14-18-30-16-12-9-7-5-3-4-6-8-10-13-17-30/h21,23,26,30,33-35,43,45,48H,3-20,22,24-25,27-29H2,1-2H3/t33-,34-,35-,38-,39-,40-,41-/m0/s1. The number of aliphatic hydroxyl groups excluding tert-OH is 1. The van der Waals surface area contributed by atoms with Gasteiger partial charge in [-0.25, -0.2) is 4.39 Å². The van der Waals surface area contributed by atoms with Crippen LogP contribution in [0.2, 0.25) is 0 Å². The average Bonchev–Trinajstić information content (AvgIpc) is 3.35. The molecule has 49 heavy (non-hydrogen) atoms. The fourth-order valence-corrected chi connectivity index (χ4v) is 10.8. The fourth-order valence-electron chi connectivity index (χ4n) is 10.8. The smallest absolute Gasteiger partial charge is 0.320 e. The molecule has 276 valence electrons. The summed E-state index contributed by atoms with van der Waals surface area (Å²) in [4.78, 5) is 38.1. The lowest BCUT2D eigenvalue weighted by atomic mass is 9.44. The number of Topliss-reactive ketones (excluding diaryl/α,β-unsaturated/α-hetero) is 1. The predicted molar refractivity (Wildman–Crippen MR) is 190 cm³/mol. The van der Waals surface area contributed by atoms with Crippen LogP contribution in [0, 0.1) is 28.6 Å². The van der Waals surface area contributed by atoms with Crippen LogP contribution in [0.4, 0.5) is 4.39 Å². The Morgan fingerprint density at radius 3 is 2.24 bits per heavy atom. The molecule has 0 amide bonds. The van der Waals surface area contributed by atoms with Crippen molar-refractivity contribution in [2.75, 3.05) is 19.7 Å². The number of hydrogen-bond donors (Lipinski definition) is 3. The first-order chi connectivity index (χ1) is 23.5. The second-order valence-electron chi connectivity index (χ2n) is 16.8. The maximum atomic E-state index is 17.3. The molecule has 7 nitrogen and oxygen atoms in total. The van der Waals surface area contributed by atoms with E-state index in [2.05, 4.69) is 5.32 Å². The van der Waals surface area contributed by atoms with Crippen LogP contribution < -0.4 is 5.32 Å². The van der Waals surface area contributed by atoms with Crippen molar-refractivity contribution >= 4 is 17.5 Å². The van der Waals surface area contributed by atoms with Gasteiger partial charge in [-0.3, -0.25) is 14.4 Å². The number of halogens is 1. The first-order valence-corrected chi connectivity index (χ1v) is 19.9. The van der Waals surface area contributed by atoms with Gasteiger partial charge in [-0.05, 0) is 76.0 Å². The van der Waals surface area contributed by atoms with Crippen molar-refractivity contribution in [3.63, 3.8) is 0 Å². The number of hydrogen-bond acceptors (Lipinski definition) is 7. The molecule has 8 heteroatoms. The number of ketones is 2. The highest BCUT2D eigenvalue weighted by molar-refractivity contribution is 6.01. The molecule has 0 aromatic rings. The van der Waals surface area contributed by atoms with Crippen LogP contribution in [0.1, 0.15) is 149 Å². The fraction of sp³-hybridized carbons (Fsp3) is 0.829. The van der Waals surface area contributed by atoms with Crippen molar-refractivity contribution in [1.29, 1.82) is 0 Å². The van der Waals surface area contributed by atoms with Crippen LogP contribution in [-0.2, 0) is 19.1 Å². The van der Waals surface area contributed by atoms with Gasteiger partial charge in [0.25, 0.3) is 0 Å². The summed E-state index contributed by atoms with van der Waals surface area (Å²) in [6, 6.07) is 0. The van der Waals surface area contributed by atoms with E-state index >= 15 is 4.39 Å². The summed E-state index contributed by atoms with van der Waals surface area (Å²) < 4.78 is 22.6. The van der Waals surface area contributed by atoms with E-state index in [-0.39, 0.29) is 31.1 Å². The first-order valence-electron chi connectivity index (χ1n) is 19.9. The van der Waals surface area contributed by atoms with Gasteiger partial charge in [0.15, 0.2) is 18.1 Å². The van der Waals surface area contributed by atoms with E-state index in [1.54, 1.807) is 19.9 Å². The molecule has 5 aliphatic carbocycles. The molecule has 0 unspecified atom stereocenters. The van der Waals surface area contributed by atoms with E-state index in [1.807, 2.05) is 0 Å². The summed E-state index contributed by atoms with van der Waals surface area (Å²) >= 11 is 0. The molecule has 0 aromatic heterocycles. The molecule has 4 saturated carbocycles. The van der Waals surface area contributed by atoms with Gasteiger partial charge in [-0.1, -0.05) is 115 Å². The van der Waals surface area contributed by atoms with Gasteiger partial charge in [0.05, 0.1) is 12.6 Å². The first kappa shape index (κ1) is 38.3. The number of carbonyl (C=O) groups is 3. The molecule has 0 bridgehead atoms. The zero-order chi connectivity index (χ0) is 35.1. The van der Waals surface area contributed by atoms with Gasteiger partial charge in [0, 0.05) is 16.7 Å². The summed E-state index contributed by atoms with van der Waals surface area (Å²) in [5, 5.41) is 26.5. The van der Waals surface area contributed by atoms with Crippen LogP contribution in [0.3, 0.4) is 0 Å². The Bertz CT molecular complexity index is 1220. The minimum atomic E-state index is -2.02. The second-order valence-corrected chi connectivity index (χ2v) is 16.8. The molecular formula is C41H64FNO6. The third-order valence-corrected chi connectivity index (χ3v) is 13.8. The van der Waals surface area contributed by atoms with E-state index in [0.29, 0.717) is 31.4 Å². The maximum absolute atomic E-state index is 17.3. The van der Waals surface area contributed by atoms with Crippen molar-refractivity contribution in [3.8, 4) is 0 Å². The Labute approximate surface area is 294 Å². The van der Waals surface area contributed by atoms with Gasteiger partial charge in [0.2, 0.25) is 5.78 Å². The van der Waals surface area contributed by atoms with Crippen molar-refractivity contribution in [1.82, 2.24) is 5.32 Å². The molecular weight excluding hydrogens is 621 g/mol. The number of fused-ring (bicyclic) bond motifs is 5. The number of aliphatic hydroxyl groups is 2. The van der Waals surface area contributed by atoms with Gasteiger partial charge < -0.3 is 20.3 Å². The Kier molecular flexibility index (Phi) is 13.0. The van der Waals surface area contributed by atoms with Crippen LogP contribution in [0.25, 0.3) is 0 Å². The lowest BCUT2D eigenvalue weighted by molar-refractivity contribution is -0.217. The van der Waals surface area contributed by atoms with Gasteiger partial charge in [-0.2, -0.15) is 0 Å². The van der Waals surface area contributed by atoms with Gasteiger partial charge >= 0.3 is 5.97 Å².